The summed E-state index contributed by atoms with van der Waals surface area (Å²) in [6.45, 7) is 0. The second-order valence-electron chi connectivity index (χ2n) is 5.13. The summed E-state index contributed by atoms with van der Waals surface area (Å²) in [7, 11) is 0. The van der Waals surface area contributed by atoms with Gasteiger partial charge in [0, 0.05) is 22.3 Å². The second kappa shape index (κ2) is 3.37. The zero-order valence-electron chi connectivity index (χ0n) is 9.23. The van der Waals surface area contributed by atoms with Crippen molar-refractivity contribution in [2.45, 2.75) is 22.7 Å². The third kappa shape index (κ3) is 1.20. The first-order valence-corrected chi connectivity index (χ1v) is 7.00. The van der Waals surface area contributed by atoms with E-state index in [0.717, 1.165) is 0 Å². The molecule has 17 heavy (non-hydrogen) atoms. The predicted molar refractivity (Wildman–Crippen MR) is 67.6 cm³/mol. The van der Waals surface area contributed by atoms with Gasteiger partial charge in [-0.25, -0.2) is 0 Å². The summed E-state index contributed by atoms with van der Waals surface area (Å²) < 4.78 is 0. The normalized spacial score (nSPS) is 45.8. The van der Waals surface area contributed by atoms with E-state index >= 15 is 0 Å². The summed E-state index contributed by atoms with van der Waals surface area (Å²) in [5.74, 6) is 0.361. The van der Waals surface area contributed by atoms with Crippen LogP contribution in [0, 0.1) is 11.8 Å². The van der Waals surface area contributed by atoms with E-state index in [1.165, 1.54) is 11.1 Å². The standard InChI is InChI=1S/C14H14O2S/c15-9-5-6-10(16)12-11(9)13-7-3-1-2-4-8(7)14(12)17-13/h1-6,9-16H/t9-,10+,11?,12?,13+,14-. The number of hydrogen-bond donors (Lipinski definition) is 2. The van der Waals surface area contributed by atoms with Gasteiger partial charge >= 0.3 is 0 Å². The fraction of sp³-hybridized carbons (Fsp3) is 0.429. The van der Waals surface area contributed by atoms with Crippen molar-refractivity contribution in [2.75, 3.05) is 0 Å². The molecule has 0 spiro atoms. The third-order valence-corrected chi connectivity index (χ3v) is 6.06. The van der Waals surface area contributed by atoms with E-state index in [1.807, 2.05) is 11.8 Å². The summed E-state index contributed by atoms with van der Waals surface area (Å²) >= 11 is 1.91. The van der Waals surface area contributed by atoms with Crippen molar-refractivity contribution < 1.29 is 10.2 Å². The van der Waals surface area contributed by atoms with Gasteiger partial charge in [0.25, 0.3) is 0 Å². The molecule has 2 unspecified atom stereocenters. The lowest BCUT2D eigenvalue weighted by atomic mass is 9.68. The summed E-state index contributed by atoms with van der Waals surface area (Å²) in [5.41, 5.74) is 2.73. The monoisotopic (exact) mass is 246 g/mol. The summed E-state index contributed by atoms with van der Waals surface area (Å²) in [4.78, 5) is 0. The molecule has 2 heterocycles. The largest absolute Gasteiger partial charge is 0.389 e. The van der Waals surface area contributed by atoms with Gasteiger partial charge in [0.1, 0.15) is 0 Å². The highest BCUT2D eigenvalue weighted by atomic mass is 32.2. The maximum absolute atomic E-state index is 10.1. The number of thioether (sulfide) groups is 1. The molecule has 1 saturated heterocycles. The van der Waals surface area contributed by atoms with Crippen LogP contribution in [0.2, 0.25) is 0 Å². The zero-order valence-corrected chi connectivity index (χ0v) is 10.0. The van der Waals surface area contributed by atoms with Gasteiger partial charge in [-0.2, -0.15) is 0 Å². The molecule has 1 aliphatic carbocycles. The van der Waals surface area contributed by atoms with E-state index in [0.29, 0.717) is 10.5 Å². The minimum Gasteiger partial charge on any atom is -0.389 e. The highest BCUT2D eigenvalue weighted by molar-refractivity contribution is 8.00. The van der Waals surface area contributed by atoms with Crippen LogP contribution in [-0.4, -0.2) is 22.4 Å². The van der Waals surface area contributed by atoms with Crippen molar-refractivity contribution in [1.82, 2.24) is 0 Å². The van der Waals surface area contributed by atoms with Gasteiger partial charge in [0.2, 0.25) is 0 Å². The maximum Gasteiger partial charge on any atom is 0.0768 e. The fourth-order valence-electron chi connectivity index (χ4n) is 3.63. The van der Waals surface area contributed by atoms with Crippen molar-refractivity contribution in [3.63, 3.8) is 0 Å². The molecule has 1 fully saturated rings. The van der Waals surface area contributed by atoms with Crippen molar-refractivity contribution in [3.8, 4) is 0 Å². The minimum absolute atomic E-state index is 0.180. The molecule has 4 rings (SSSR count). The highest BCUT2D eigenvalue weighted by Gasteiger charge is 2.56. The number of aliphatic hydroxyl groups excluding tert-OH is 2. The number of fused-ring (bicyclic) bond motifs is 8. The number of benzene rings is 1. The Bertz CT molecular complexity index is 456. The van der Waals surface area contributed by atoms with Crippen LogP contribution in [0.1, 0.15) is 21.6 Å². The molecule has 0 amide bonds. The number of rotatable bonds is 0. The Balaban J connectivity index is 1.86. The summed E-state index contributed by atoms with van der Waals surface area (Å²) in [6, 6.07) is 8.47. The topological polar surface area (TPSA) is 40.5 Å². The molecular formula is C14H14O2S. The molecule has 2 nitrogen and oxygen atoms in total. The van der Waals surface area contributed by atoms with E-state index in [2.05, 4.69) is 24.3 Å². The zero-order chi connectivity index (χ0) is 11.6. The van der Waals surface area contributed by atoms with E-state index in [9.17, 15) is 10.2 Å². The molecule has 2 aliphatic heterocycles. The highest BCUT2D eigenvalue weighted by Crippen LogP contribution is 2.68. The number of aliphatic hydroxyl groups is 2. The molecule has 3 aliphatic rings. The molecule has 6 atom stereocenters. The summed E-state index contributed by atoms with van der Waals surface area (Å²) in [5, 5.41) is 21.0. The van der Waals surface area contributed by atoms with E-state index < -0.39 is 12.2 Å². The molecule has 88 valence electrons. The lowest BCUT2D eigenvalue weighted by molar-refractivity contribution is 0.0340. The van der Waals surface area contributed by atoms with Crippen LogP contribution in [0.4, 0.5) is 0 Å². The van der Waals surface area contributed by atoms with Crippen LogP contribution in [0.3, 0.4) is 0 Å². The molecule has 0 radical (unpaired) electrons. The smallest absolute Gasteiger partial charge is 0.0768 e. The van der Waals surface area contributed by atoms with Crippen molar-refractivity contribution in [2.24, 2.45) is 11.8 Å². The molecule has 2 bridgehead atoms. The van der Waals surface area contributed by atoms with Gasteiger partial charge in [-0.05, 0) is 11.1 Å². The Kier molecular flexibility index (Phi) is 2.02. The van der Waals surface area contributed by atoms with Crippen LogP contribution in [-0.2, 0) is 0 Å². The molecule has 2 N–H and O–H groups in total. The van der Waals surface area contributed by atoms with Crippen molar-refractivity contribution in [1.29, 1.82) is 0 Å². The van der Waals surface area contributed by atoms with Gasteiger partial charge in [0.05, 0.1) is 12.2 Å². The second-order valence-corrected chi connectivity index (χ2v) is 6.41. The van der Waals surface area contributed by atoms with Crippen LogP contribution in [0.15, 0.2) is 36.4 Å². The average Bonchev–Trinajstić information content (AvgIpc) is 2.91. The van der Waals surface area contributed by atoms with Gasteiger partial charge in [-0.3, -0.25) is 0 Å². The minimum atomic E-state index is -0.403. The molecule has 3 heteroatoms. The van der Waals surface area contributed by atoms with Crippen LogP contribution in [0.5, 0.6) is 0 Å². The van der Waals surface area contributed by atoms with E-state index in [4.69, 9.17) is 0 Å². The molecule has 1 aromatic rings. The quantitative estimate of drug-likeness (QED) is 0.688. The van der Waals surface area contributed by atoms with Gasteiger partial charge < -0.3 is 10.2 Å². The van der Waals surface area contributed by atoms with Gasteiger partial charge in [-0.1, -0.05) is 36.4 Å². The Hall–Kier alpha value is -0.770. The first kappa shape index (κ1) is 10.2. The van der Waals surface area contributed by atoms with Crippen molar-refractivity contribution in [3.05, 3.63) is 47.5 Å². The average molecular weight is 246 g/mol. The van der Waals surface area contributed by atoms with Gasteiger partial charge in [0.15, 0.2) is 0 Å². The fourth-order valence-corrected chi connectivity index (χ4v) is 5.72. The maximum atomic E-state index is 10.1. The van der Waals surface area contributed by atoms with Gasteiger partial charge in [-0.15, -0.1) is 11.8 Å². The lowest BCUT2D eigenvalue weighted by Gasteiger charge is -2.38. The SMILES string of the molecule is O[C@@H]1C=C[C@H](O)C2C1[C@H]1S[C@@H]2c2ccccc21. The van der Waals surface area contributed by atoms with Crippen LogP contribution >= 0.6 is 11.8 Å². The summed E-state index contributed by atoms with van der Waals surface area (Å²) in [6.07, 6.45) is 2.71. The Morgan fingerprint density at radius 2 is 1.29 bits per heavy atom. The van der Waals surface area contributed by atoms with E-state index in [-0.39, 0.29) is 11.8 Å². The molecule has 0 saturated carbocycles. The van der Waals surface area contributed by atoms with Crippen molar-refractivity contribution >= 4 is 11.8 Å². The third-order valence-electron chi connectivity index (χ3n) is 4.34. The first-order valence-electron chi connectivity index (χ1n) is 6.06. The van der Waals surface area contributed by atoms with E-state index in [1.54, 1.807) is 12.2 Å². The Morgan fingerprint density at radius 3 is 1.76 bits per heavy atom. The van der Waals surface area contributed by atoms with Crippen LogP contribution in [0.25, 0.3) is 0 Å². The molecule has 0 aromatic heterocycles. The Morgan fingerprint density at radius 1 is 0.824 bits per heavy atom. The predicted octanol–water partition coefficient (Wildman–Crippen LogP) is 2.05. The lowest BCUT2D eigenvalue weighted by Crippen LogP contribution is -2.40. The molecular weight excluding hydrogens is 232 g/mol. The Labute approximate surface area is 104 Å². The molecule has 1 aromatic carbocycles. The first-order chi connectivity index (χ1) is 8.27. The number of hydrogen-bond acceptors (Lipinski definition) is 3. The van der Waals surface area contributed by atoms with Crippen LogP contribution < -0.4 is 0 Å².